The van der Waals surface area contributed by atoms with E-state index in [0.717, 1.165) is 18.0 Å². The van der Waals surface area contributed by atoms with Crippen molar-refractivity contribution >= 4 is 0 Å². The molecule has 112 valence electrons. The Balaban J connectivity index is 2.13. The molecule has 0 saturated heterocycles. The SMILES string of the molecule is CCC1CCC(CNC(C)C)C(c2cncc(F)c2)C1. The summed E-state index contributed by atoms with van der Waals surface area (Å²) in [7, 11) is 0. The standard InChI is InChI=1S/C17H27FN2/c1-4-13-5-6-14(10-20-12(2)3)17(7-13)15-8-16(18)11-19-9-15/h8-9,11-14,17,20H,4-7,10H2,1-3H3. The van der Waals surface area contributed by atoms with Gasteiger partial charge < -0.3 is 5.32 Å². The molecular formula is C17H27FN2. The van der Waals surface area contributed by atoms with Crippen LogP contribution < -0.4 is 5.32 Å². The predicted molar refractivity (Wildman–Crippen MR) is 81.2 cm³/mol. The first-order valence-corrected chi connectivity index (χ1v) is 7.94. The van der Waals surface area contributed by atoms with Crippen LogP contribution in [-0.4, -0.2) is 17.6 Å². The molecule has 0 spiro atoms. The van der Waals surface area contributed by atoms with Crippen molar-refractivity contribution in [2.75, 3.05) is 6.54 Å². The number of nitrogens with one attached hydrogen (secondary N) is 1. The van der Waals surface area contributed by atoms with E-state index in [1.807, 2.05) is 6.20 Å². The minimum atomic E-state index is -0.211. The minimum absolute atomic E-state index is 0.211. The molecule has 3 unspecified atom stereocenters. The molecular weight excluding hydrogens is 251 g/mol. The normalized spacial score (nSPS) is 26.9. The molecule has 1 saturated carbocycles. The smallest absolute Gasteiger partial charge is 0.141 e. The summed E-state index contributed by atoms with van der Waals surface area (Å²) in [5.74, 6) is 1.61. The molecule has 0 aliphatic heterocycles. The summed E-state index contributed by atoms with van der Waals surface area (Å²) in [6, 6.07) is 2.18. The van der Waals surface area contributed by atoms with Crippen molar-refractivity contribution in [1.82, 2.24) is 10.3 Å². The summed E-state index contributed by atoms with van der Waals surface area (Å²) in [4.78, 5) is 4.04. The maximum absolute atomic E-state index is 13.5. The lowest BCUT2D eigenvalue weighted by molar-refractivity contribution is 0.222. The molecule has 0 radical (unpaired) electrons. The molecule has 0 bridgehead atoms. The van der Waals surface area contributed by atoms with Crippen LogP contribution in [0, 0.1) is 17.7 Å². The van der Waals surface area contributed by atoms with E-state index in [1.54, 1.807) is 6.07 Å². The summed E-state index contributed by atoms with van der Waals surface area (Å²) in [5.41, 5.74) is 1.08. The average Bonchev–Trinajstić information content (AvgIpc) is 2.45. The van der Waals surface area contributed by atoms with Crippen molar-refractivity contribution in [2.45, 2.75) is 58.4 Å². The van der Waals surface area contributed by atoms with E-state index < -0.39 is 0 Å². The average molecular weight is 278 g/mol. The third-order valence-electron chi connectivity index (χ3n) is 4.62. The number of aromatic nitrogens is 1. The Hall–Kier alpha value is -0.960. The van der Waals surface area contributed by atoms with Gasteiger partial charge in [-0.25, -0.2) is 4.39 Å². The summed E-state index contributed by atoms with van der Waals surface area (Å²) in [5, 5.41) is 3.55. The van der Waals surface area contributed by atoms with Gasteiger partial charge in [-0.2, -0.15) is 0 Å². The second-order valence-corrected chi connectivity index (χ2v) is 6.45. The van der Waals surface area contributed by atoms with Gasteiger partial charge >= 0.3 is 0 Å². The summed E-state index contributed by atoms with van der Waals surface area (Å²) in [6.45, 7) is 7.64. The first-order chi connectivity index (χ1) is 9.60. The second kappa shape index (κ2) is 7.16. The van der Waals surface area contributed by atoms with Gasteiger partial charge in [0.05, 0.1) is 6.20 Å². The van der Waals surface area contributed by atoms with Gasteiger partial charge in [-0.05, 0) is 48.8 Å². The highest BCUT2D eigenvalue weighted by Crippen LogP contribution is 2.41. The highest BCUT2D eigenvalue weighted by molar-refractivity contribution is 5.18. The third-order valence-corrected chi connectivity index (χ3v) is 4.62. The largest absolute Gasteiger partial charge is 0.314 e. The van der Waals surface area contributed by atoms with Crippen LogP contribution in [0.25, 0.3) is 0 Å². The zero-order valence-corrected chi connectivity index (χ0v) is 12.9. The number of rotatable bonds is 5. The van der Waals surface area contributed by atoms with Crippen LogP contribution in [0.3, 0.4) is 0 Å². The maximum Gasteiger partial charge on any atom is 0.141 e. The van der Waals surface area contributed by atoms with Crippen LogP contribution in [0.15, 0.2) is 18.5 Å². The zero-order chi connectivity index (χ0) is 14.5. The fourth-order valence-electron chi connectivity index (χ4n) is 3.36. The summed E-state index contributed by atoms with van der Waals surface area (Å²) < 4.78 is 13.5. The van der Waals surface area contributed by atoms with Gasteiger partial charge in [0.15, 0.2) is 0 Å². The van der Waals surface area contributed by atoms with Gasteiger partial charge in [-0.15, -0.1) is 0 Å². The molecule has 1 N–H and O–H groups in total. The molecule has 20 heavy (non-hydrogen) atoms. The van der Waals surface area contributed by atoms with E-state index in [2.05, 4.69) is 31.1 Å². The van der Waals surface area contributed by atoms with E-state index in [0.29, 0.717) is 17.9 Å². The van der Waals surface area contributed by atoms with Crippen LogP contribution in [0.2, 0.25) is 0 Å². The highest BCUT2D eigenvalue weighted by Gasteiger charge is 2.31. The lowest BCUT2D eigenvalue weighted by Gasteiger charge is -2.36. The number of hydrogen-bond acceptors (Lipinski definition) is 2. The van der Waals surface area contributed by atoms with Crippen LogP contribution in [-0.2, 0) is 0 Å². The Kier molecular flexibility index (Phi) is 5.53. The van der Waals surface area contributed by atoms with E-state index in [1.165, 1.54) is 31.9 Å². The summed E-state index contributed by atoms with van der Waals surface area (Å²) in [6.07, 6.45) is 8.09. The molecule has 2 rings (SSSR count). The van der Waals surface area contributed by atoms with Crippen molar-refractivity contribution in [3.05, 3.63) is 29.8 Å². The van der Waals surface area contributed by atoms with Gasteiger partial charge in [0, 0.05) is 12.2 Å². The first kappa shape index (κ1) is 15.4. The molecule has 3 atom stereocenters. The van der Waals surface area contributed by atoms with Gasteiger partial charge in [0.25, 0.3) is 0 Å². The number of halogens is 1. The summed E-state index contributed by atoms with van der Waals surface area (Å²) >= 11 is 0. The van der Waals surface area contributed by atoms with Gasteiger partial charge in [-0.1, -0.05) is 33.6 Å². The Morgan fingerprint density at radius 2 is 2.15 bits per heavy atom. The van der Waals surface area contributed by atoms with E-state index >= 15 is 0 Å². The highest BCUT2D eigenvalue weighted by atomic mass is 19.1. The Morgan fingerprint density at radius 3 is 2.80 bits per heavy atom. The Labute approximate surface area is 122 Å². The van der Waals surface area contributed by atoms with E-state index in [9.17, 15) is 4.39 Å². The fraction of sp³-hybridized carbons (Fsp3) is 0.706. The Morgan fingerprint density at radius 1 is 1.35 bits per heavy atom. The molecule has 0 aromatic carbocycles. The molecule has 3 heteroatoms. The van der Waals surface area contributed by atoms with E-state index in [-0.39, 0.29) is 5.82 Å². The van der Waals surface area contributed by atoms with Crippen LogP contribution in [0.1, 0.15) is 57.9 Å². The molecule has 1 heterocycles. The van der Waals surface area contributed by atoms with Crippen molar-refractivity contribution in [3.8, 4) is 0 Å². The van der Waals surface area contributed by atoms with Crippen molar-refractivity contribution < 1.29 is 4.39 Å². The van der Waals surface area contributed by atoms with Gasteiger partial charge in [0.1, 0.15) is 5.82 Å². The van der Waals surface area contributed by atoms with Crippen molar-refractivity contribution in [3.63, 3.8) is 0 Å². The quantitative estimate of drug-likeness (QED) is 0.876. The van der Waals surface area contributed by atoms with Crippen LogP contribution in [0.5, 0.6) is 0 Å². The number of nitrogens with zero attached hydrogens (tertiary/aromatic N) is 1. The minimum Gasteiger partial charge on any atom is -0.314 e. The topological polar surface area (TPSA) is 24.9 Å². The number of hydrogen-bond donors (Lipinski definition) is 1. The van der Waals surface area contributed by atoms with Crippen LogP contribution in [0.4, 0.5) is 4.39 Å². The lowest BCUT2D eigenvalue weighted by Crippen LogP contribution is -2.35. The molecule has 1 aliphatic rings. The molecule has 1 aromatic rings. The number of pyridine rings is 1. The molecule has 1 aromatic heterocycles. The van der Waals surface area contributed by atoms with Crippen LogP contribution >= 0.6 is 0 Å². The van der Waals surface area contributed by atoms with Gasteiger partial charge in [-0.3, -0.25) is 4.98 Å². The molecule has 1 fully saturated rings. The lowest BCUT2D eigenvalue weighted by atomic mass is 9.70. The molecule has 0 amide bonds. The molecule has 1 aliphatic carbocycles. The Bertz CT molecular complexity index is 419. The molecule has 2 nitrogen and oxygen atoms in total. The third kappa shape index (κ3) is 4.02. The monoisotopic (exact) mass is 278 g/mol. The van der Waals surface area contributed by atoms with Crippen molar-refractivity contribution in [1.29, 1.82) is 0 Å². The maximum atomic E-state index is 13.5. The predicted octanol–water partition coefficient (Wildman–Crippen LogP) is 4.13. The van der Waals surface area contributed by atoms with Gasteiger partial charge in [0.2, 0.25) is 0 Å². The second-order valence-electron chi connectivity index (χ2n) is 6.45. The fourth-order valence-corrected chi connectivity index (χ4v) is 3.36. The van der Waals surface area contributed by atoms with E-state index in [4.69, 9.17) is 0 Å². The van der Waals surface area contributed by atoms with Crippen molar-refractivity contribution in [2.24, 2.45) is 11.8 Å². The zero-order valence-electron chi connectivity index (χ0n) is 12.9. The first-order valence-electron chi connectivity index (χ1n) is 7.94.